The van der Waals surface area contributed by atoms with Gasteiger partial charge in [-0.05, 0) is 20.8 Å². The highest BCUT2D eigenvalue weighted by Crippen LogP contribution is 1.86. The summed E-state index contributed by atoms with van der Waals surface area (Å²) < 4.78 is 4.78. The molecule has 0 aromatic rings. The van der Waals surface area contributed by atoms with Gasteiger partial charge in [-0.1, -0.05) is 5.92 Å². The van der Waals surface area contributed by atoms with Gasteiger partial charge in [-0.2, -0.15) is 0 Å². The first kappa shape index (κ1) is 9.83. The van der Waals surface area contributed by atoms with E-state index in [4.69, 9.17) is 4.74 Å². The second-order valence-electron chi connectivity index (χ2n) is 2.23. The third-order valence-electron chi connectivity index (χ3n) is 0.841. The summed E-state index contributed by atoms with van der Waals surface area (Å²) in [5, 5.41) is 2.48. The molecule has 3 heteroatoms. The molecule has 3 nitrogen and oxygen atoms in total. The van der Waals surface area contributed by atoms with Crippen LogP contribution < -0.4 is 5.32 Å². The third kappa shape index (κ3) is 6.72. The molecule has 62 valence electrons. The number of amides is 1. The Labute approximate surface area is 67.1 Å². The lowest BCUT2D eigenvalue weighted by Crippen LogP contribution is -2.26. The number of ether oxygens (including phenoxy) is 1. The summed E-state index contributed by atoms with van der Waals surface area (Å²) in [6.45, 7) is 5.66. The lowest BCUT2D eigenvalue weighted by Gasteiger charge is -2.06. The van der Waals surface area contributed by atoms with Crippen LogP contribution in [0.3, 0.4) is 0 Å². The van der Waals surface area contributed by atoms with Crippen molar-refractivity contribution in [2.45, 2.75) is 26.9 Å². The van der Waals surface area contributed by atoms with Gasteiger partial charge < -0.3 is 10.1 Å². The summed E-state index contributed by atoms with van der Waals surface area (Å²) in [6, 6.07) is 0. The van der Waals surface area contributed by atoms with Crippen molar-refractivity contribution in [2.75, 3.05) is 6.54 Å². The molecule has 0 saturated heterocycles. The van der Waals surface area contributed by atoms with Gasteiger partial charge in [-0.25, -0.2) is 4.79 Å². The fourth-order valence-electron chi connectivity index (χ4n) is 0.460. The Morgan fingerprint density at radius 1 is 1.64 bits per heavy atom. The maximum absolute atomic E-state index is 10.7. The van der Waals surface area contributed by atoms with E-state index in [1.54, 1.807) is 20.8 Å². The van der Waals surface area contributed by atoms with E-state index < -0.39 is 6.09 Å². The quantitative estimate of drug-likeness (QED) is 0.607. The third-order valence-corrected chi connectivity index (χ3v) is 0.841. The molecule has 1 amide bonds. The Hall–Kier alpha value is -1.17. The zero-order valence-corrected chi connectivity index (χ0v) is 7.10. The number of nitrogens with one attached hydrogen (secondary N) is 1. The Morgan fingerprint density at radius 3 is 2.73 bits per heavy atom. The molecular weight excluding hydrogens is 142 g/mol. The first-order chi connectivity index (χ1) is 5.16. The van der Waals surface area contributed by atoms with Gasteiger partial charge >= 0.3 is 6.09 Å². The normalized spacial score (nSPS) is 8.36. The van der Waals surface area contributed by atoms with Crippen LogP contribution in [0.5, 0.6) is 0 Å². The number of rotatable bonds is 2. The highest BCUT2D eigenvalue weighted by molar-refractivity contribution is 5.67. The van der Waals surface area contributed by atoms with Crippen LogP contribution in [0.2, 0.25) is 0 Å². The average Bonchev–Trinajstić information content (AvgIpc) is 1.86. The molecule has 0 heterocycles. The lowest BCUT2D eigenvalue weighted by molar-refractivity contribution is 0.117. The number of carbonyl (C=O) groups excluding carboxylic acids is 1. The molecule has 0 unspecified atom stereocenters. The van der Waals surface area contributed by atoms with Crippen molar-refractivity contribution >= 4 is 6.09 Å². The van der Waals surface area contributed by atoms with Crippen LogP contribution >= 0.6 is 0 Å². The minimum Gasteiger partial charge on any atom is -0.447 e. The summed E-state index contributed by atoms with van der Waals surface area (Å²) in [4.78, 5) is 10.7. The van der Waals surface area contributed by atoms with Crippen molar-refractivity contribution < 1.29 is 9.53 Å². The Balaban J connectivity index is 3.43. The summed E-state index contributed by atoms with van der Waals surface area (Å²) in [5.41, 5.74) is 0. The number of hydrogen-bond acceptors (Lipinski definition) is 2. The monoisotopic (exact) mass is 155 g/mol. The van der Waals surface area contributed by atoms with Gasteiger partial charge in [0.15, 0.2) is 0 Å². The van der Waals surface area contributed by atoms with E-state index in [0.717, 1.165) is 0 Å². The molecule has 0 aliphatic carbocycles. The van der Waals surface area contributed by atoms with Gasteiger partial charge in [0.2, 0.25) is 0 Å². The van der Waals surface area contributed by atoms with Crippen LogP contribution in [0, 0.1) is 11.8 Å². The maximum Gasteiger partial charge on any atom is 0.408 e. The largest absolute Gasteiger partial charge is 0.447 e. The lowest BCUT2D eigenvalue weighted by atomic mass is 10.5. The number of carbonyl (C=O) groups is 1. The molecule has 0 aliphatic rings. The van der Waals surface area contributed by atoms with Crippen molar-refractivity contribution in [2.24, 2.45) is 0 Å². The predicted octanol–water partition coefficient (Wildman–Crippen LogP) is 1.14. The topological polar surface area (TPSA) is 38.3 Å². The molecule has 0 atom stereocenters. The van der Waals surface area contributed by atoms with Gasteiger partial charge in [-0.3, -0.25) is 0 Å². The molecule has 0 saturated carbocycles. The molecule has 0 aromatic carbocycles. The minimum absolute atomic E-state index is 0.0791. The van der Waals surface area contributed by atoms with Crippen LogP contribution in [0.15, 0.2) is 0 Å². The van der Waals surface area contributed by atoms with Gasteiger partial charge in [0.05, 0.1) is 12.6 Å². The van der Waals surface area contributed by atoms with E-state index in [1.807, 2.05) is 0 Å². The van der Waals surface area contributed by atoms with Crippen LogP contribution in [0.1, 0.15) is 20.8 Å². The van der Waals surface area contributed by atoms with Crippen LogP contribution in [0.4, 0.5) is 4.79 Å². The first-order valence-corrected chi connectivity index (χ1v) is 3.51. The van der Waals surface area contributed by atoms with Crippen molar-refractivity contribution in [3.8, 4) is 11.8 Å². The summed E-state index contributed by atoms with van der Waals surface area (Å²) in [6.07, 6.45) is -0.493. The molecular formula is C8H13NO2. The fourth-order valence-corrected chi connectivity index (χ4v) is 0.460. The smallest absolute Gasteiger partial charge is 0.408 e. The number of hydrogen-bond donors (Lipinski definition) is 1. The Morgan fingerprint density at radius 2 is 2.27 bits per heavy atom. The predicted molar refractivity (Wildman–Crippen MR) is 43.1 cm³/mol. The van der Waals surface area contributed by atoms with E-state index in [-0.39, 0.29) is 6.10 Å². The van der Waals surface area contributed by atoms with E-state index >= 15 is 0 Å². The van der Waals surface area contributed by atoms with Crippen LogP contribution in [-0.4, -0.2) is 18.7 Å². The van der Waals surface area contributed by atoms with Crippen molar-refractivity contribution in [3.05, 3.63) is 0 Å². The molecule has 11 heavy (non-hydrogen) atoms. The first-order valence-electron chi connectivity index (χ1n) is 3.51. The molecule has 0 aromatic heterocycles. The zero-order valence-electron chi connectivity index (χ0n) is 7.10. The van der Waals surface area contributed by atoms with Gasteiger partial charge in [0.25, 0.3) is 0 Å². The van der Waals surface area contributed by atoms with Crippen molar-refractivity contribution in [1.82, 2.24) is 5.32 Å². The molecule has 0 bridgehead atoms. The summed E-state index contributed by atoms with van der Waals surface area (Å²) >= 11 is 0. The SMILES string of the molecule is CC#CCNC(=O)OC(C)C. The van der Waals surface area contributed by atoms with E-state index in [0.29, 0.717) is 6.54 Å². The van der Waals surface area contributed by atoms with Gasteiger partial charge in [-0.15, -0.1) is 5.92 Å². The van der Waals surface area contributed by atoms with Crippen molar-refractivity contribution in [3.63, 3.8) is 0 Å². The maximum atomic E-state index is 10.7. The highest BCUT2D eigenvalue weighted by Gasteiger charge is 2.01. The molecule has 0 fully saturated rings. The second kappa shape index (κ2) is 5.60. The molecule has 1 N–H and O–H groups in total. The Bertz CT molecular complexity index is 176. The summed E-state index contributed by atoms with van der Waals surface area (Å²) in [7, 11) is 0. The van der Waals surface area contributed by atoms with Crippen LogP contribution in [0.25, 0.3) is 0 Å². The van der Waals surface area contributed by atoms with Crippen molar-refractivity contribution in [1.29, 1.82) is 0 Å². The fraction of sp³-hybridized carbons (Fsp3) is 0.625. The second-order valence-corrected chi connectivity index (χ2v) is 2.23. The van der Waals surface area contributed by atoms with Gasteiger partial charge in [0, 0.05) is 0 Å². The highest BCUT2D eigenvalue weighted by atomic mass is 16.6. The average molecular weight is 155 g/mol. The van der Waals surface area contributed by atoms with Gasteiger partial charge in [0.1, 0.15) is 0 Å². The minimum atomic E-state index is -0.414. The van der Waals surface area contributed by atoms with Crippen LogP contribution in [-0.2, 0) is 4.74 Å². The zero-order chi connectivity index (χ0) is 8.69. The van der Waals surface area contributed by atoms with E-state index in [2.05, 4.69) is 17.2 Å². The molecule has 0 spiro atoms. The molecule has 0 aliphatic heterocycles. The Kier molecular flexibility index (Phi) is 5.01. The molecule has 0 rings (SSSR count). The molecule has 0 radical (unpaired) electrons. The van der Waals surface area contributed by atoms with E-state index in [1.165, 1.54) is 0 Å². The summed E-state index contributed by atoms with van der Waals surface area (Å²) in [5.74, 6) is 5.35. The standard InChI is InChI=1S/C8H13NO2/c1-4-5-6-9-8(10)11-7(2)3/h7H,6H2,1-3H3,(H,9,10). The number of alkyl carbamates (subject to hydrolysis) is 1. The van der Waals surface area contributed by atoms with E-state index in [9.17, 15) is 4.79 Å².